The molecular weight excluding hydrogens is 264 g/mol. The molecule has 6 heteroatoms. The van der Waals surface area contributed by atoms with E-state index in [0.29, 0.717) is 16.8 Å². The third-order valence-corrected chi connectivity index (χ3v) is 2.31. The highest BCUT2D eigenvalue weighted by Gasteiger charge is 2.15. The van der Waals surface area contributed by atoms with Crippen molar-refractivity contribution in [3.63, 3.8) is 0 Å². The lowest BCUT2D eigenvalue weighted by Gasteiger charge is -2.09. The fourth-order valence-electron chi connectivity index (χ4n) is 1.07. The number of aromatic carboxylic acids is 1. The zero-order valence-corrected chi connectivity index (χ0v) is 9.96. The number of anilines is 1. The smallest absolute Gasteiger partial charge is 0.341 e. The van der Waals surface area contributed by atoms with Crippen LogP contribution in [-0.4, -0.2) is 29.7 Å². The number of rotatable bonds is 4. The highest BCUT2D eigenvalue weighted by Crippen LogP contribution is 2.27. The fourth-order valence-corrected chi connectivity index (χ4v) is 1.53. The number of halogens is 1. The minimum Gasteiger partial charge on any atom is -0.480 e. The number of pyridine rings is 1. The maximum Gasteiger partial charge on any atom is 0.341 e. The van der Waals surface area contributed by atoms with Gasteiger partial charge in [-0.2, -0.15) is 4.98 Å². The average Bonchev–Trinajstić information content (AvgIpc) is 2.20. The normalized spacial score (nSPS) is 9.80. The number of ether oxygens (including phenoxy) is 1. The third-order valence-electron chi connectivity index (χ3n) is 1.71. The molecule has 0 atom stereocenters. The summed E-state index contributed by atoms with van der Waals surface area (Å²) in [5, 5.41) is 11.9. The van der Waals surface area contributed by atoms with Gasteiger partial charge in [0.25, 0.3) is 0 Å². The van der Waals surface area contributed by atoms with Crippen LogP contribution in [0.25, 0.3) is 0 Å². The fraction of sp³-hybridized carbons (Fsp3) is 0.333. The van der Waals surface area contributed by atoms with Crippen LogP contribution in [0.1, 0.15) is 17.3 Å². The lowest BCUT2D eigenvalue weighted by molar-refractivity contribution is 0.0692. The second kappa shape index (κ2) is 4.97. The summed E-state index contributed by atoms with van der Waals surface area (Å²) >= 11 is 3.24. The van der Waals surface area contributed by atoms with Gasteiger partial charge in [-0.1, -0.05) is 0 Å². The maximum absolute atomic E-state index is 10.8. The van der Waals surface area contributed by atoms with Gasteiger partial charge < -0.3 is 15.2 Å². The Kier molecular flexibility index (Phi) is 3.90. The molecule has 1 aromatic heterocycles. The van der Waals surface area contributed by atoms with Crippen LogP contribution in [0, 0.1) is 0 Å². The van der Waals surface area contributed by atoms with E-state index in [4.69, 9.17) is 9.84 Å². The quantitative estimate of drug-likeness (QED) is 0.879. The van der Waals surface area contributed by atoms with Crippen LogP contribution >= 0.6 is 15.9 Å². The Morgan fingerprint density at radius 1 is 1.73 bits per heavy atom. The van der Waals surface area contributed by atoms with Crippen LogP contribution in [0.4, 0.5) is 5.82 Å². The Labute approximate surface area is 95.6 Å². The summed E-state index contributed by atoms with van der Waals surface area (Å²) in [5.41, 5.74) is 0.0334. The lowest BCUT2D eigenvalue weighted by atomic mass is 10.2. The Bertz CT molecular complexity index is 382. The third kappa shape index (κ3) is 2.59. The van der Waals surface area contributed by atoms with Crippen molar-refractivity contribution in [1.82, 2.24) is 4.98 Å². The van der Waals surface area contributed by atoms with Gasteiger partial charge in [0.05, 0.1) is 11.6 Å². The molecule has 0 aliphatic rings. The van der Waals surface area contributed by atoms with Crippen molar-refractivity contribution in [3.05, 3.63) is 16.1 Å². The minimum absolute atomic E-state index is 0.0334. The van der Waals surface area contributed by atoms with E-state index in [9.17, 15) is 4.79 Å². The predicted octanol–water partition coefficient (Wildman–Crippen LogP) is 1.98. The molecule has 1 heterocycles. The van der Waals surface area contributed by atoms with Gasteiger partial charge in [-0.3, -0.25) is 0 Å². The molecule has 0 radical (unpaired) electrons. The van der Waals surface area contributed by atoms with Crippen molar-refractivity contribution in [1.29, 1.82) is 0 Å². The summed E-state index contributed by atoms with van der Waals surface area (Å²) in [6.07, 6.45) is 0. The molecule has 1 rings (SSSR count). The standard InChI is InChI=1S/C9H11BrN2O3/c1-3-11-7-6(10)4-5(9(13)14)8(12-7)15-2/h4H,3H2,1-2H3,(H,11,12)(H,13,14). The summed E-state index contributed by atoms with van der Waals surface area (Å²) in [6, 6.07) is 1.46. The van der Waals surface area contributed by atoms with E-state index >= 15 is 0 Å². The van der Waals surface area contributed by atoms with Crippen LogP contribution in [0.5, 0.6) is 5.88 Å². The molecule has 1 aromatic rings. The summed E-state index contributed by atoms with van der Waals surface area (Å²) in [4.78, 5) is 14.9. The van der Waals surface area contributed by atoms with Gasteiger partial charge in [-0.05, 0) is 28.9 Å². The zero-order chi connectivity index (χ0) is 11.4. The van der Waals surface area contributed by atoms with Crippen molar-refractivity contribution in [3.8, 4) is 5.88 Å². The largest absolute Gasteiger partial charge is 0.480 e. The van der Waals surface area contributed by atoms with Crippen molar-refractivity contribution in [2.75, 3.05) is 19.0 Å². The number of hydrogen-bond acceptors (Lipinski definition) is 4. The minimum atomic E-state index is -1.07. The molecule has 0 bridgehead atoms. The van der Waals surface area contributed by atoms with Crippen LogP contribution in [-0.2, 0) is 0 Å². The SMILES string of the molecule is CCNc1nc(OC)c(C(=O)O)cc1Br. The Hall–Kier alpha value is -1.30. The summed E-state index contributed by atoms with van der Waals surface area (Å²) in [5.74, 6) is -0.399. The molecule has 0 saturated heterocycles. The van der Waals surface area contributed by atoms with Crippen LogP contribution in [0.2, 0.25) is 0 Å². The summed E-state index contributed by atoms with van der Waals surface area (Å²) in [6.45, 7) is 2.62. The van der Waals surface area contributed by atoms with E-state index < -0.39 is 5.97 Å². The number of nitrogens with zero attached hydrogens (tertiary/aromatic N) is 1. The molecule has 0 saturated carbocycles. The van der Waals surface area contributed by atoms with Crippen LogP contribution in [0.3, 0.4) is 0 Å². The Morgan fingerprint density at radius 2 is 2.40 bits per heavy atom. The average molecular weight is 275 g/mol. The maximum atomic E-state index is 10.8. The molecule has 0 aliphatic carbocycles. The monoisotopic (exact) mass is 274 g/mol. The molecule has 0 spiro atoms. The van der Waals surface area contributed by atoms with E-state index in [1.807, 2.05) is 6.92 Å². The first-order chi connectivity index (χ1) is 7.10. The first-order valence-corrected chi connectivity index (χ1v) is 5.11. The molecule has 0 amide bonds. The summed E-state index contributed by atoms with van der Waals surface area (Å²) in [7, 11) is 1.39. The molecule has 0 aromatic carbocycles. The van der Waals surface area contributed by atoms with E-state index in [1.54, 1.807) is 0 Å². The Balaban J connectivity index is 3.22. The van der Waals surface area contributed by atoms with E-state index in [2.05, 4.69) is 26.2 Å². The highest BCUT2D eigenvalue weighted by atomic mass is 79.9. The molecule has 5 nitrogen and oxygen atoms in total. The predicted molar refractivity (Wildman–Crippen MR) is 59.6 cm³/mol. The summed E-state index contributed by atoms with van der Waals surface area (Å²) < 4.78 is 5.50. The number of hydrogen-bond donors (Lipinski definition) is 2. The van der Waals surface area contributed by atoms with Crippen molar-refractivity contribution in [2.24, 2.45) is 0 Å². The Morgan fingerprint density at radius 3 is 2.87 bits per heavy atom. The second-order valence-electron chi connectivity index (χ2n) is 2.71. The molecular formula is C9H11BrN2O3. The molecule has 0 fully saturated rings. The number of aromatic nitrogens is 1. The molecule has 82 valence electrons. The van der Waals surface area contributed by atoms with E-state index in [1.165, 1.54) is 13.2 Å². The van der Waals surface area contributed by atoms with Gasteiger partial charge in [0.2, 0.25) is 5.88 Å². The van der Waals surface area contributed by atoms with Crippen LogP contribution in [0.15, 0.2) is 10.5 Å². The number of nitrogens with one attached hydrogen (secondary N) is 1. The number of methoxy groups -OCH3 is 1. The van der Waals surface area contributed by atoms with Gasteiger partial charge in [0.15, 0.2) is 0 Å². The van der Waals surface area contributed by atoms with Crippen molar-refractivity contribution < 1.29 is 14.6 Å². The van der Waals surface area contributed by atoms with Crippen molar-refractivity contribution in [2.45, 2.75) is 6.92 Å². The van der Waals surface area contributed by atoms with Gasteiger partial charge in [0, 0.05) is 6.54 Å². The van der Waals surface area contributed by atoms with Gasteiger partial charge in [-0.15, -0.1) is 0 Å². The highest BCUT2D eigenvalue weighted by molar-refractivity contribution is 9.10. The molecule has 15 heavy (non-hydrogen) atoms. The molecule has 0 unspecified atom stereocenters. The molecule has 2 N–H and O–H groups in total. The van der Waals surface area contributed by atoms with Gasteiger partial charge in [-0.25, -0.2) is 4.79 Å². The van der Waals surface area contributed by atoms with Gasteiger partial charge in [0.1, 0.15) is 11.4 Å². The van der Waals surface area contributed by atoms with Crippen LogP contribution < -0.4 is 10.1 Å². The number of carboxylic acids is 1. The van der Waals surface area contributed by atoms with Gasteiger partial charge >= 0.3 is 5.97 Å². The zero-order valence-electron chi connectivity index (χ0n) is 8.37. The second-order valence-corrected chi connectivity index (χ2v) is 3.57. The van der Waals surface area contributed by atoms with Crippen molar-refractivity contribution >= 4 is 27.7 Å². The first-order valence-electron chi connectivity index (χ1n) is 4.31. The topological polar surface area (TPSA) is 71.5 Å². The van der Waals surface area contributed by atoms with E-state index in [-0.39, 0.29) is 11.4 Å². The van der Waals surface area contributed by atoms with E-state index in [0.717, 1.165) is 0 Å². The number of carboxylic acid groups (broad SMARTS) is 1. The lowest BCUT2D eigenvalue weighted by Crippen LogP contribution is -2.07. The first kappa shape index (κ1) is 11.8. The number of carbonyl (C=O) groups is 1. The molecule has 0 aliphatic heterocycles.